The summed E-state index contributed by atoms with van der Waals surface area (Å²) < 4.78 is 45.6. The third kappa shape index (κ3) is 2.94. The molecule has 0 heterocycles. The summed E-state index contributed by atoms with van der Waals surface area (Å²) in [6.07, 6.45) is 0. The van der Waals surface area contributed by atoms with E-state index in [1.54, 1.807) is 36.4 Å². The van der Waals surface area contributed by atoms with Gasteiger partial charge in [0.25, 0.3) is 0 Å². The highest BCUT2D eigenvalue weighted by Gasteiger charge is 2.73. The summed E-state index contributed by atoms with van der Waals surface area (Å²) in [5.41, 5.74) is 6.42. The molecular weight excluding hydrogens is 373 g/mol. The van der Waals surface area contributed by atoms with Gasteiger partial charge in [0.1, 0.15) is 5.82 Å². The van der Waals surface area contributed by atoms with Crippen LogP contribution in [-0.2, 0) is 14.6 Å². The fourth-order valence-electron chi connectivity index (χ4n) is 3.68. The van der Waals surface area contributed by atoms with E-state index in [9.17, 15) is 12.8 Å². The zero-order chi connectivity index (χ0) is 19.1. The largest absolute Gasteiger partial charge is 0.393 e. The zero-order valence-corrected chi connectivity index (χ0v) is 16.1. The van der Waals surface area contributed by atoms with Crippen molar-refractivity contribution in [1.82, 2.24) is 0 Å². The Balaban J connectivity index is 2.13. The Morgan fingerprint density at radius 3 is 2.46 bits per heavy atom. The van der Waals surface area contributed by atoms with E-state index in [1.165, 1.54) is 19.2 Å². The van der Waals surface area contributed by atoms with Crippen molar-refractivity contribution in [1.29, 1.82) is 0 Å². The van der Waals surface area contributed by atoms with Gasteiger partial charge in [-0.2, -0.15) is 0 Å². The molecule has 3 rings (SSSR count). The number of ether oxygens (including phenoxy) is 1. The molecule has 2 aromatic carbocycles. The van der Waals surface area contributed by atoms with Gasteiger partial charge in [0.05, 0.1) is 27.2 Å². The average molecular weight is 394 g/mol. The summed E-state index contributed by atoms with van der Waals surface area (Å²) in [4.78, 5) is 0.262. The number of aryl methyl sites for hydroxylation is 1. The fraction of sp³-hybridized carbons (Fsp3) is 0.316. The van der Waals surface area contributed by atoms with E-state index >= 15 is 0 Å². The second-order valence-electron chi connectivity index (χ2n) is 6.65. The van der Waals surface area contributed by atoms with Crippen molar-refractivity contribution in [3.63, 3.8) is 0 Å². The molecule has 0 aromatic heterocycles. The standard InChI is InChI=1S/C19H20FNO3S2/c1-12-6-8-15(9-7-12)26(22,23)17-16(13-4-3-5-14(20)10-13)19(17,11-24-2)18(21)25/h3-10,16-17H,11H2,1-2H3,(H2,21,25)/t16-,17-,19-/m0/s1. The maximum atomic E-state index is 13.7. The lowest BCUT2D eigenvalue weighted by Crippen LogP contribution is -2.33. The van der Waals surface area contributed by atoms with Gasteiger partial charge < -0.3 is 10.5 Å². The molecular formula is C19H20FNO3S2. The minimum Gasteiger partial charge on any atom is -0.393 e. The molecule has 0 amide bonds. The molecule has 7 heteroatoms. The van der Waals surface area contributed by atoms with E-state index in [2.05, 4.69) is 0 Å². The van der Waals surface area contributed by atoms with Crippen LogP contribution in [0, 0.1) is 18.2 Å². The highest BCUT2D eigenvalue weighted by atomic mass is 32.2. The first-order valence-electron chi connectivity index (χ1n) is 8.10. The quantitative estimate of drug-likeness (QED) is 0.764. The normalized spacial score (nSPS) is 25.0. The molecule has 138 valence electrons. The lowest BCUT2D eigenvalue weighted by Gasteiger charge is -2.16. The van der Waals surface area contributed by atoms with Crippen molar-refractivity contribution >= 4 is 27.0 Å². The molecule has 1 aliphatic rings. The molecule has 4 nitrogen and oxygen atoms in total. The van der Waals surface area contributed by atoms with Crippen molar-refractivity contribution < 1.29 is 17.5 Å². The first-order chi connectivity index (χ1) is 12.2. The number of hydrogen-bond acceptors (Lipinski definition) is 4. The van der Waals surface area contributed by atoms with Gasteiger partial charge in [-0.3, -0.25) is 0 Å². The van der Waals surface area contributed by atoms with E-state index in [4.69, 9.17) is 22.7 Å². The second kappa shape index (κ2) is 6.72. The third-order valence-corrected chi connectivity index (χ3v) is 7.66. The van der Waals surface area contributed by atoms with Crippen molar-refractivity contribution in [2.24, 2.45) is 11.1 Å². The van der Waals surface area contributed by atoms with Crippen LogP contribution in [0.15, 0.2) is 53.4 Å². The smallest absolute Gasteiger partial charge is 0.182 e. The monoisotopic (exact) mass is 393 g/mol. The number of methoxy groups -OCH3 is 1. The van der Waals surface area contributed by atoms with Gasteiger partial charge in [0, 0.05) is 13.0 Å². The third-order valence-electron chi connectivity index (χ3n) is 4.99. The van der Waals surface area contributed by atoms with Crippen molar-refractivity contribution in [2.75, 3.05) is 13.7 Å². The van der Waals surface area contributed by atoms with Crippen LogP contribution in [0.5, 0.6) is 0 Å². The van der Waals surface area contributed by atoms with E-state index < -0.39 is 32.2 Å². The number of rotatable bonds is 6. The summed E-state index contributed by atoms with van der Waals surface area (Å²) in [5.74, 6) is -0.989. The number of benzene rings is 2. The Hall–Kier alpha value is -1.83. The second-order valence-corrected chi connectivity index (χ2v) is 9.16. The molecule has 26 heavy (non-hydrogen) atoms. The molecule has 2 N–H and O–H groups in total. The van der Waals surface area contributed by atoms with E-state index in [-0.39, 0.29) is 16.5 Å². The minimum atomic E-state index is -3.74. The predicted octanol–water partition coefficient (Wildman–Crippen LogP) is 2.99. The summed E-state index contributed by atoms with van der Waals surface area (Å²) >= 11 is 5.23. The van der Waals surface area contributed by atoms with Gasteiger partial charge >= 0.3 is 0 Å². The van der Waals surface area contributed by atoms with Crippen LogP contribution in [0.25, 0.3) is 0 Å². The molecule has 1 fully saturated rings. The van der Waals surface area contributed by atoms with Crippen LogP contribution in [0.3, 0.4) is 0 Å². The van der Waals surface area contributed by atoms with E-state index in [0.29, 0.717) is 5.56 Å². The van der Waals surface area contributed by atoms with Gasteiger partial charge in [-0.05, 0) is 36.8 Å². The van der Waals surface area contributed by atoms with E-state index in [1.807, 2.05) is 6.92 Å². The van der Waals surface area contributed by atoms with Crippen LogP contribution in [0.4, 0.5) is 4.39 Å². The van der Waals surface area contributed by atoms with Gasteiger partial charge in [-0.15, -0.1) is 0 Å². The molecule has 0 saturated heterocycles. The van der Waals surface area contributed by atoms with Gasteiger partial charge in [-0.1, -0.05) is 42.0 Å². The van der Waals surface area contributed by atoms with Crippen molar-refractivity contribution in [3.05, 3.63) is 65.5 Å². The Bertz CT molecular complexity index is 944. The lowest BCUT2D eigenvalue weighted by molar-refractivity contribution is 0.166. The first kappa shape index (κ1) is 18.9. The van der Waals surface area contributed by atoms with Crippen LogP contribution < -0.4 is 5.73 Å². The molecule has 3 atom stereocenters. The predicted molar refractivity (Wildman–Crippen MR) is 102 cm³/mol. The molecule has 0 unspecified atom stereocenters. The summed E-state index contributed by atoms with van der Waals surface area (Å²) in [6, 6.07) is 12.5. The molecule has 0 spiro atoms. The number of thiocarbonyl (C=S) groups is 1. The summed E-state index contributed by atoms with van der Waals surface area (Å²) in [5, 5.41) is -0.892. The summed E-state index contributed by atoms with van der Waals surface area (Å²) in [6.45, 7) is 1.94. The Morgan fingerprint density at radius 1 is 1.27 bits per heavy atom. The van der Waals surface area contributed by atoms with Gasteiger partial charge in [0.2, 0.25) is 0 Å². The van der Waals surface area contributed by atoms with Gasteiger partial charge in [-0.25, -0.2) is 12.8 Å². The highest BCUT2D eigenvalue weighted by molar-refractivity contribution is 7.92. The number of halogens is 1. The number of nitrogens with two attached hydrogens (primary N) is 1. The Morgan fingerprint density at radius 2 is 1.92 bits per heavy atom. The zero-order valence-electron chi connectivity index (χ0n) is 14.5. The molecule has 1 saturated carbocycles. The topological polar surface area (TPSA) is 69.4 Å². The number of hydrogen-bond donors (Lipinski definition) is 1. The Kier molecular flexibility index (Phi) is 4.90. The molecule has 0 aliphatic heterocycles. The summed E-state index contributed by atoms with van der Waals surface area (Å²) in [7, 11) is -2.27. The number of sulfone groups is 1. The molecule has 0 radical (unpaired) electrons. The maximum absolute atomic E-state index is 13.7. The maximum Gasteiger partial charge on any atom is 0.182 e. The van der Waals surface area contributed by atoms with E-state index in [0.717, 1.165) is 5.56 Å². The molecule has 1 aliphatic carbocycles. The first-order valence-corrected chi connectivity index (χ1v) is 10.1. The SMILES string of the molecule is COC[C@]1(C(N)=S)[C@@H](c2cccc(F)c2)[C@@H]1S(=O)(=O)c1ccc(C)cc1. The molecule has 2 aromatic rings. The van der Waals surface area contributed by atoms with Crippen molar-refractivity contribution in [3.8, 4) is 0 Å². The van der Waals surface area contributed by atoms with Gasteiger partial charge in [0.15, 0.2) is 9.84 Å². The Labute approximate surface area is 158 Å². The highest BCUT2D eigenvalue weighted by Crippen LogP contribution is 2.64. The van der Waals surface area contributed by atoms with Crippen molar-refractivity contribution in [2.45, 2.75) is 23.0 Å². The van der Waals surface area contributed by atoms with Crippen LogP contribution in [-0.4, -0.2) is 32.4 Å². The lowest BCUT2D eigenvalue weighted by atomic mass is 10.00. The van der Waals surface area contributed by atoms with Crippen LogP contribution in [0.2, 0.25) is 0 Å². The average Bonchev–Trinajstić information content (AvgIpc) is 3.27. The fourth-order valence-corrected chi connectivity index (χ4v) is 6.45. The van der Waals surface area contributed by atoms with Crippen LogP contribution in [0.1, 0.15) is 17.0 Å². The molecule has 0 bridgehead atoms. The van der Waals surface area contributed by atoms with Crippen LogP contribution >= 0.6 is 12.2 Å². The minimum absolute atomic E-state index is 0.0548.